The molecule has 168 valence electrons. The Kier molecular flexibility index (Phi) is 6.74. The molecule has 2 amide bonds. The van der Waals surface area contributed by atoms with Crippen LogP contribution in [0.15, 0.2) is 11.1 Å². The molecule has 0 radical (unpaired) electrons. The van der Waals surface area contributed by atoms with E-state index in [0.717, 1.165) is 48.9 Å². The number of rotatable bonds is 6. The SMILES string of the molecule is CC1CCCC(NC(=O)CCNC(=O)Cn2cnc3sc4c(c3c2=O)CCCC4)C1C. The van der Waals surface area contributed by atoms with Crippen molar-refractivity contribution in [2.75, 3.05) is 6.54 Å². The molecule has 3 unspecified atom stereocenters. The lowest BCUT2D eigenvalue weighted by molar-refractivity contribution is -0.123. The highest BCUT2D eigenvalue weighted by molar-refractivity contribution is 7.18. The number of carbonyl (C=O) groups excluding carboxylic acids is 2. The smallest absolute Gasteiger partial charge is 0.262 e. The monoisotopic (exact) mass is 444 g/mol. The van der Waals surface area contributed by atoms with E-state index in [4.69, 9.17) is 0 Å². The third kappa shape index (κ3) is 4.84. The van der Waals surface area contributed by atoms with Gasteiger partial charge in [0.1, 0.15) is 11.4 Å². The first-order chi connectivity index (χ1) is 14.9. The van der Waals surface area contributed by atoms with Gasteiger partial charge in [0.2, 0.25) is 11.8 Å². The van der Waals surface area contributed by atoms with Crippen molar-refractivity contribution in [1.82, 2.24) is 20.2 Å². The van der Waals surface area contributed by atoms with Crippen molar-refractivity contribution in [1.29, 1.82) is 0 Å². The Morgan fingerprint density at radius 3 is 2.81 bits per heavy atom. The Morgan fingerprint density at radius 2 is 1.97 bits per heavy atom. The van der Waals surface area contributed by atoms with E-state index in [-0.39, 0.29) is 42.9 Å². The van der Waals surface area contributed by atoms with Crippen LogP contribution in [-0.4, -0.2) is 34.0 Å². The van der Waals surface area contributed by atoms with Crippen LogP contribution in [0, 0.1) is 11.8 Å². The van der Waals surface area contributed by atoms with E-state index in [1.165, 1.54) is 22.2 Å². The Morgan fingerprint density at radius 1 is 1.16 bits per heavy atom. The van der Waals surface area contributed by atoms with Crippen LogP contribution in [-0.2, 0) is 29.0 Å². The van der Waals surface area contributed by atoms with E-state index >= 15 is 0 Å². The van der Waals surface area contributed by atoms with Gasteiger partial charge < -0.3 is 10.6 Å². The third-order valence-corrected chi connectivity index (χ3v) is 8.18. The number of fused-ring (bicyclic) bond motifs is 3. The molecular formula is C23H32N4O3S. The van der Waals surface area contributed by atoms with Crippen molar-refractivity contribution >= 4 is 33.4 Å². The molecule has 1 fully saturated rings. The molecule has 2 aromatic heterocycles. The zero-order valence-electron chi connectivity index (χ0n) is 18.4. The number of nitrogens with zero attached hydrogens (tertiary/aromatic N) is 2. The quantitative estimate of drug-likeness (QED) is 0.717. The number of hydrogen-bond acceptors (Lipinski definition) is 5. The largest absolute Gasteiger partial charge is 0.354 e. The van der Waals surface area contributed by atoms with Gasteiger partial charge in [-0.1, -0.05) is 26.7 Å². The highest BCUT2D eigenvalue weighted by Gasteiger charge is 2.28. The van der Waals surface area contributed by atoms with Gasteiger partial charge in [0.05, 0.1) is 11.7 Å². The van der Waals surface area contributed by atoms with Crippen molar-refractivity contribution in [2.24, 2.45) is 11.8 Å². The minimum atomic E-state index is -0.278. The maximum atomic E-state index is 12.9. The van der Waals surface area contributed by atoms with Gasteiger partial charge >= 0.3 is 0 Å². The van der Waals surface area contributed by atoms with Gasteiger partial charge in [-0.25, -0.2) is 4.98 Å². The Bertz CT molecular complexity index is 1030. The fourth-order valence-electron chi connectivity index (χ4n) is 4.88. The minimum Gasteiger partial charge on any atom is -0.354 e. The molecule has 2 aromatic rings. The highest BCUT2D eigenvalue weighted by Crippen LogP contribution is 2.33. The molecule has 31 heavy (non-hydrogen) atoms. The summed E-state index contributed by atoms with van der Waals surface area (Å²) >= 11 is 1.60. The molecule has 2 heterocycles. The van der Waals surface area contributed by atoms with E-state index in [0.29, 0.717) is 17.2 Å². The average Bonchev–Trinajstić information content (AvgIpc) is 3.13. The standard InChI is InChI=1S/C23H32N4O3S/c1-14-6-5-8-17(15(14)2)26-19(28)10-11-24-20(29)12-27-13-25-22-21(23(27)30)16-7-3-4-9-18(16)31-22/h13-15,17H,3-12H2,1-2H3,(H,24,29)(H,26,28). The summed E-state index contributed by atoms with van der Waals surface area (Å²) in [5, 5.41) is 6.57. The average molecular weight is 445 g/mol. The third-order valence-electron chi connectivity index (χ3n) is 6.98. The van der Waals surface area contributed by atoms with Gasteiger partial charge in [-0.2, -0.15) is 0 Å². The van der Waals surface area contributed by atoms with Crippen LogP contribution >= 0.6 is 11.3 Å². The molecule has 8 heteroatoms. The van der Waals surface area contributed by atoms with Gasteiger partial charge in [0.15, 0.2) is 0 Å². The first-order valence-electron chi connectivity index (χ1n) is 11.5. The van der Waals surface area contributed by atoms with Crippen molar-refractivity contribution in [3.05, 3.63) is 27.1 Å². The number of hydrogen-bond donors (Lipinski definition) is 2. The number of nitrogens with one attached hydrogen (secondary N) is 2. The van der Waals surface area contributed by atoms with E-state index in [1.54, 1.807) is 11.3 Å². The van der Waals surface area contributed by atoms with Crippen LogP contribution in [0.5, 0.6) is 0 Å². The van der Waals surface area contributed by atoms with E-state index in [9.17, 15) is 14.4 Å². The predicted molar refractivity (Wildman–Crippen MR) is 122 cm³/mol. The van der Waals surface area contributed by atoms with Crippen LogP contribution in [0.4, 0.5) is 0 Å². The summed E-state index contributed by atoms with van der Waals surface area (Å²) < 4.78 is 1.38. The fourth-order valence-corrected chi connectivity index (χ4v) is 6.10. The summed E-state index contributed by atoms with van der Waals surface area (Å²) in [6.07, 6.45) is 9.27. The number of amides is 2. The van der Waals surface area contributed by atoms with Gasteiger partial charge in [0, 0.05) is 23.9 Å². The van der Waals surface area contributed by atoms with E-state index < -0.39 is 0 Å². The van der Waals surface area contributed by atoms with Crippen LogP contribution < -0.4 is 16.2 Å². The molecule has 0 bridgehead atoms. The summed E-state index contributed by atoms with van der Waals surface area (Å²) in [6.45, 7) is 4.62. The van der Waals surface area contributed by atoms with E-state index in [1.807, 2.05) is 0 Å². The van der Waals surface area contributed by atoms with Gasteiger partial charge in [0.25, 0.3) is 5.56 Å². The van der Waals surface area contributed by atoms with Crippen molar-refractivity contribution in [3.8, 4) is 0 Å². The summed E-state index contributed by atoms with van der Waals surface area (Å²) in [4.78, 5) is 44.1. The maximum Gasteiger partial charge on any atom is 0.262 e. The summed E-state index contributed by atoms with van der Waals surface area (Å²) in [5.41, 5.74) is 0.985. The predicted octanol–water partition coefficient (Wildman–Crippen LogP) is 2.78. The van der Waals surface area contributed by atoms with Crippen molar-refractivity contribution in [3.63, 3.8) is 0 Å². The van der Waals surface area contributed by atoms with Crippen LogP contribution in [0.25, 0.3) is 10.2 Å². The summed E-state index contributed by atoms with van der Waals surface area (Å²) in [6, 6.07) is 0.222. The molecule has 3 atom stereocenters. The number of aryl methyl sites for hydroxylation is 2. The molecule has 2 N–H and O–H groups in total. The van der Waals surface area contributed by atoms with Crippen molar-refractivity contribution in [2.45, 2.75) is 77.8 Å². The first kappa shape index (κ1) is 22.0. The second-order valence-electron chi connectivity index (χ2n) is 9.11. The maximum absolute atomic E-state index is 12.9. The van der Waals surface area contributed by atoms with Gasteiger partial charge in [-0.3, -0.25) is 19.0 Å². The molecule has 0 aliphatic heterocycles. The zero-order chi connectivity index (χ0) is 22.0. The van der Waals surface area contributed by atoms with E-state index in [2.05, 4.69) is 29.5 Å². The van der Waals surface area contributed by atoms with Crippen LogP contribution in [0.1, 0.15) is 62.8 Å². The zero-order valence-corrected chi connectivity index (χ0v) is 19.2. The topological polar surface area (TPSA) is 93.1 Å². The molecule has 0 saturated heterocycles. The Labute approximate surface area is 186 Å². The molecular weight excluding hydrogens is 412 g/mol. The van der Waals surface area contributed by atoms with Gasteiger partial charge in [-0.05, 0) is 49.5 Å². The Hall–Kier alpha value is -2.22. The second-order valence-corrected chi connectivity index (χ2v) is 10.2. The number of aromatic nitrogens is 2. The summed E-state index contributed by atoms with van der Waals surface area (Å²) in [5.74, 6) is 0.789. The number of carbonyl (C=O) groups is 2. The highest BCUT2D eigenvalue weighted by atomic mass is 32.1. The molecule has 7 nitrogen and oxygen atoms in total. The molecule has 4 rings (SSSR count). The normalized spacial score (nSPS) is 23.4. The minimum absolute atomic E-state index is 0.0311. The first-order valence-corrected chi connectivity index (χ1v) is 12.3. The molecule has 2 aliphatic rings. The second kappa shape index (κ2) is 9.51. The molecule has 0 spiro atoms. The summed E-state index contributed by atoms with van der Waals surface area (Å²) in [7, 11) is 0. The van der Waals surface area contributed by atoms with Crippen LogP contribution in [0.2, 0.25) is 0 Å². The van der Waals surface area contributed by atoms with Crippen LogP contribution in [0.3, 0.4) is 0 Å². The number of thiophene rings is 1. The lowest BCUT2D eigenvalue weighted by atomic mass is 9.78. The molecule has 0 aromatic carbocycles. The molecule has 1 saturated carbocycles. The lowest BCUT2D eigenvalue weighted by Gasteiger charge is -2.34. The van der Waals surface area contributed by atoms with Gasteiger partial charge in [-0.15, -0.1) is 11.3 Å². The fraction of sp³-hybridized carbons (Fsp3) is 0.652. The Balaban J connectivity index is 1.30. The lowest BCUT2D eigenvalue weighted by Crippen LogP contribution is -2.44. The van der Waals surface area contributed by atoms with Crippen molar-refractivity contribution < 1.29 is 9.59 Å². The molecule has 2 aliphatic carbocycles.